The van der Waals surface area contributed by atoms with Gasteiger partial charge >= 0.3 is 0 Å². The molecule has 3 fully saturated rings. The molecule has 0 aromatic carbocycles. The Morgan fingerprint density at radius 1 is 0.714 bits per heavy atom. The molecule has 10 atom stereocenters. The first-order valence-electron chi connectivity index (χ1n) is 12.3. The standard InChI is InChI=1S/C16H26.C10H12.C2H4/c1-3-5-7-12-11(4-2)15-10-16(12)14-9-6-8-13(14)15;1-2-9-7-4-5-8(6-7)10(9)3-1;1-2/h6,9,11-16H,3-5,7-8,10H2,1-2H3;1-2,4-5,7-10H,3,6H2;1-2H2. The van der Waals surface area contributed by atoms with Crippen molar-refractivity contribution in [2.45, 2.75) is 65.2 Å². The van der Waals surface area contributed by atoms with Crippen molar-refractivity contribution in [3.8, 4) is 0 Å². The van der Waals surface area contributed by atoms with Gasteiger partial charge in [0.25, 0.3) is 0 Å². The zero-order valence-electron chi connectivity index (χ0n) is 18.3. The molecule has 0 radical (unpaired) electrons. The maximum Gasteiger partial charge on any atom is -0.0133 e. The number of hydrogen-bond acceptors (Lipinski definition) is 0. The van der Waals surface area contributed by atoms with Crippen LogP contribution in [0.5, 0.6) is 0 Å². The molecule has 0 aliphatic heterocycles. The van der Waals surface area contributed by atoms with Crippen LogP contribution in [0.4, 0.5) is 0 Å². The second kappa shape index (κ2) is 8.76. The highest BCUT2D eigenvalue weighted by molar-refractivity contribution is 5.21. The molecule has 3 saturated carbocycles. The average molecular weight is 379 g/mol. The molecule has 0 aromatic heterocycles. The van der Waals surface area contributed by atoms with Crippen LogP contribution in [0, 0.1) is 59.2 Å². The molecule has 10 unspecified atom stereocenters. The SMILES string of the molecule is C1=CC2C3C=CC(C3)C2C1.C=C.CCCCC1C2CC(C3CC=CC23)C1CC. The Morgan fingerprint density at radius 3 is 2.14 bits per heavy atom. The van der Waals surface area contributed by atoms with Crippen LogP contribution in [0.3, 0.4) is 0 Å². The third-order valence-corrected chi connectivity index (χ3v) is 9.32. The van der Waals surface area contributed by atoms with Gasteiger partial charge in [0.15, 0.2) is 0 Å². The quantitative estimate of drug-likeness (QED) is 0.437. The van der Waals surface area contributed by atoms with E-state index in [1.807, 2.05) is 0 Å². The molecule has 0 N–H and O–H groups in total. The van der Waals surface area contributed by atoms with Gasteiger partial charge in [-0.3, -0.25) is 0 Å². The minimum Gasteiger partial charge on any atom is -0.106 e. The monoisotopic (exact) mass is 378 g/mol. The van der Waals surface area contributed by atoms with E-state index < -0.39 is 0 Å². The summed E-state index contributed by atoms with van der Waals surface area (Å²) in [5.41, 5.74) is 0. The van der Waals surface area contributed by atoms with Gasteiger partial charge in [-0.25, -0.2) is 0 Å². The maximum atomic E-state index is 3.00. The fraction of sp³-hybridized carbons (Fsp3) is 0.714. The molecular formula is C28H42. The van der Waals surface area contributed by atoms with Gasteiger partial charge in [-0.2, -0.15) is 0 Å². The first-order chi connectivity index (χ1) is 13.8. The van der Waals surface area contributed by atoms with Crippen molar-refractivity contribution in [3.63, 3.8) is 0 Å². The van der Waals surface area contributed by atoms with E-state index in [-0.39, 0.29) is 0 Å². The van der Waals surface area contributed by atoms with Crippen LogP contribution < -0.4 is 0 Å². The van der Waals surface area contributed by atoms with Gasteiger partial charge in [0.1, 0.15) is 0 Å². The van der Waals surface area contributed by atoms with Gasteiger partial charge in [0, 0.05) is 0 Å². The van der Waals surface area contributed by atoms with E-state index in [2.05, 4.69) is 63.5 Å². The molecule has 6 aliphatic carbocycles. The smallest absolute Gasteiger partial charge is 0.0133 e. The van der Waals surface area contributed by atoms with Gasteiger partial charge in [0.2, 0.25) is 0 Å². The molecule has 154 valence electrons. The van der Waals surface area contributed by atoms with Crippen molar-refractivity contribution < 1.29 is 0 Å². The second-order valence-electron chi connectivity index (χ2n) is 10.2. The molecule has 0 spiro atoms. The summed E-state index contributed by atoms with van der Waals surface area (Å²) in [6.07, 6.45) is 26.3. The maximum absolute atomic E-state index is 3.00. The van der Waals surface area contributed by atoms with E-state index in [1.54, 1.807) is 6.42 Å². The van der Waals surface area contributed by atoms with Crippen molar-refractivity contribution in [3.05, 3.63) is 49.6 Å². The first kappa shape index (κ1) is 20.2. The Kier molecular flexibility index (Phi) is 6.34. The predicted molar refractivity (Wildman–Crippen MR) is 122 cm³/mol. The van der Waals surface area contributed by atoms with Crippen molar-refractivity contribution in [1.82, 2.24) is 0 Å². The van der Waals surface area contributed by atoms with Crippen molar-refractivity contribution in [2.24, 2.45) is 59.2 Å². The third kappa shape index (κ3) is 3.29. The molecule has 6 rings (SSSR count). The minimum absolute atomic E-state index is 0.925. The van der Waals surface area contributed by atoms with Crippen LogP contribution in [0.15, 0.2) is 49.6 Å². The highest BCUT2D eigenvalue weighted by Crippen LogP contribution is 2.63. The zero-order chi connectivity index (χ0) is 19.7. The zero-order valence-corrected chi connectivity index (χ0v) is 18.3. The summed E-state index contributed by atoms with van der Waals surface area (Å²) < 4.78 is 0. The molecular weight excluding hydrogens is 336 g/mol. The highest BCUT2D eigenvalue weighted by atomic mass is 14.6. The fourth-order valence-electron chi connectivity index (χ4n) is 8.29. The van der Waals surface area contributed by atoms with Gasteiger partial charge in [-0.15, -0.1) is 13.2 Å². The molecule has 0 heterocycles. The van der Waals surface area contributed by atoms with E-state index in [4.69, 9.17) is 0 Å². The van der Waals surface area contributed by atoms with Crippen LogP contribution in [0.2, 0.25) is 0 Å². The van der Waals surface area contributed by atoms with Crippen LogP contribution >= 0.6 is 0 Å². The summed E-state index contributed by atoms with van der Waals surface area (Å²) >= 11 is 0. The van der Waals surface area contributed by atoms with Crippen LogP contribution in [-0.4, -0.2) is 0 Å². The lowest BCUT2D eigenvalue weighted by atomic mass is 9.67. The summed E-state index contributed by atoms with van der Waals surface area (Å²) in [7, 11) is 0. The lowest BCUT2D eigenvalue weighted by molar-refractivity contribution is 0.118. The normalized spacial score (nSPS) is 47.5. The Hall–Kier alpha value is -1.04. The summed E-state index contributed by atoms with van der Waals surface area (Å²) in [6.45, 7) is 10.8. The topological polar surface area (TPSA) is 0 Å². The van der Waals surface area contributed by atoms with Gasteiger partial charge < -0.3 is 0 Å². The largest absolute Gasteiger partial charge is 0.106 e. The van der Waals surface area contributed by atoms with Gasteiger partial charge in [-0.1, -0.05) is 69.6 Å². The van der Waals surface area contributed by atoms with Crippen molar-refractivity contribution >= 4 is 0 Å². The number of unbranched alkanes of at least 4 members (excludes halogenated alkanes) is 1. The first-order valence-corrected chi connectivity index (χ1v) is 12.3. The number of allylic oxidation sites excluding steroid dienone is 6. The Bertz CT molecular complexity index is 610. The molecule has 0 nitrogen and oxygen atoms in total. The molecule has 0 saturated heterocycles. The van der Waals surface area contributed by atoms with Crippen molar-refractivity contribution in [2.75, 3.05) is 0 Å². The van der Waals surface area contributed by atoms with Gasteiger partial charge in [-0.05, 0) is 91.3 Å². The lowest BCUT2D eigenvalue weighted by Gasteiger charge is -2.38. The molecule has 0 heteroatoms. The molecule has 28 heavy (non-hydrogen) atoms. The van der Waals surface area contributed by atoms with E-state index >= 15 is 0 Å². The van der Waals surface area contributed by atoms with E-state index in [0.717, 1.165) is 59.2 Å². The minimum atomic E-state index is 0.925. The van der Waals surface area contributed by atoms with Crippen LogP contribution in [0.1, 0.15) is 65.2 Å². The second-order valence-corrected chi connectivity index (χ2v) is 10.2. The van der Waals surface area contributed by atoms with Gasteiger partial charge in [0.05, 0.1) is 0 Å². The van der Waals surface area contributed by atoms with E-state index in [0.29, 0.717) is 0 Å². The average Bonchev–Trinajstić information content (AvgIpc) is 3.54. The summed E-state index contributed by atoms with van der Waals surface area (Å²) in [5.74, 6) is 10.2. The molecule has 0 amide bonds. The third-order valence-electron chi connectivity index (χ3n) is 9.32. The summed E-state index contributed by atoms with van der Waals surface area (Å²) in [4.78, 5) is 0. The van der Waals surface area contributed by atoms with Crippen molar-refractivity contribution in [1.29, 1.82) is 0 Å². The highest BCUT2D eigenvalue weighted by Gasteiger charge is 2.56. The van der Waals surface area contributed by atoms with E-state index in [9.17, 15) is 0 Å². The Balaban J connectivity index is 0.000000137. The molecule has 6 aliphatic rings. The Labute approximate surface area is 174 Å². The van der Waals surface area contributed by atoms with E-state index in [1.165, 1.54) is 44.9 Å². The summed E-state index contributed by atoms with van der Waals surface area (Å²) in [5, 5.41) is 0. The molecule has 4 bridgehead atoms. The predicted octanol–water partition coefficient (Wildman–Crippen LogP) is 7.85. The number of rotatable bonds is 4. The number of fused-ring (bicyclic) bond motifs is 10. The number of hydrogen-bond donors (Lipinski definition) is 0. The molecule has 0 aromatic rings. The summed E-state index contributed by atoms with van der Waals surface area (Å²) in [6, 6.07) is 0. The Morgan fingerprint density at radius 2 is 1.43 bits per heavy atom. The lowest BCUT2D eigenvalue weighted by Crippen LogP contribution is -2.32. The van der Waals surface area contributed by atoms with Crippen LogP contribution in [-0.2, 0) is 0 Å². The van der Waals surface area contributed by atoms with Crippen LogP contribution in [0.25, 0.3) is 0 Å². The fourth-order valence-corrected chi connectivity index (χ4v) is 8.29.